The van der Waals surface area contributed by atoms with Gasteiger partial charge in [-0.2, -0.15) is 0 Å². The minimum atomic E-state index is -0.347. The van der Waals surface area contributed by atoms with Crippen LogP contribution in [-0.4, -0.2) is 13.1 Å². The number of unbranched alkanes of at least 4 members (excludes halogenated alkanes) is 2. The van der Waals surface area contributed by atoms with Crippen LogP contribution in [-0.2, 0) is 4.74 Å². The van der Waals surface area contributed by atoms with Crippen LogP contribution in [0.3, 0.4) is 0 Å². The lowest BCUT2D eigenvalue weighted by atomic mass is 10.2. The van der Waals surface area contributed by atoms with Crippen LogP contribution < -0.4 is 4.74 Å². The highest BCUT2D eigenvalue weighted by atomic mass is 16.5. The molecule has 0 fully saturated rings. The lowest BCUT2D eigenvalue weighted by Crippen LogP contribution is -2.00. The summed E-state index contributed by atoms with van der Waals surface area (Å²) in [6.45, 7) is 2.12. The lowest BCUT2D eigenvalue weighted by molar-refractivity contribution is 0.0662. The average molecular weight is 234 g/mol. The van der Waals surface area contributed by atoms with Crippen LogP contribution >= 0.6 is 0 Å². The van der Waals surface area contributed by atoms with Gasteiger partial charge in [0.2, 0.25) is 0 Å². The van der Waals surface area contributed by atoms with Gasteiger partial charge in [0.25, 0.3) is 0 Å². The molecule has 0 heterocycles. The van der Waals surface area contributed by atoms with Crippen LogP contribution in [0.1, 0.15) is 36.5 Å². The Labute approximate surface area is 102 Å². The topological polar surface area (TPSA) is 35.5 Å². The first-order valence-electron chi connectivity index (χ1n) is 5.78. The van der Waals surface area contributed by atoms with Crippen molar-refractivity contribution in [2.75, 3.05) is 7.11 Å². The van der Waals surface area contributed by atoms with E-state index in [4.69, 9.17) is 9.47 Å². The molecule has 1 aromatic rings. The van der Waals surface area contributed by atoms with E-state index in [1.165, 1.54) is 6.26 Å². The third kappa shape index (κ3) is 4.72. The van der Waals surface area contributed by atoms with E-state index in [2.05, 4.69) is 6.92 Å². The molecule has 0 saturated carbocycles. The normalized spacial score (nSPS) is 10.5. The number of carbonyl (C=O) groups excluding carboxylic acids is 1. The van der Waals surface area contributed by atoms with Crippen molar-refractivity contribution in [3.05, 3.63) is 42.2 Å². The highest BCUT2D eigenvalue weighted by Crippen LogP contribution is 2.12. The standard InChI is InChI=1S/C14H18O3/c1-3-4-5-6-11-17-14(15)12-7-9-13(16-2)10-8-12/h6-11H,3-5H2,1-2H3/b11-6+. The van der Waals surface area contributed by atoms with Gasteiger partial charge in [-0.1, -0.05) is 13.3 Å². The molecule has 92 valence electrons. The van der Waals surface area contributed by atoms with Crippen LogP contribution in [0.5, 0.6) is 5.75 Å². The molecule has 0 radical (unpaired) electrons. The van der Waals surface area contributed by atoms with Gasteiger partial charge in [0.05, 0.1) is 18.9 Å². The van der Waals surface area contributed by atoms with E-state index >= 15 is 0 Å². The SMILES string of the molecule is CCCC/C=C/OC(=O)c1ccc(OC)cc1. The molecule has 0 spiro atoms. The Morgan fingerprint density at radius 3 is 2.59 bits per heavy atom. The maximum absolute atomic E-state index is 11.6. The Morgan fingerprint density at radius 2 is 2.00 bits per heavy atom. The minimum absolute atomic E-state index is 0.347. The number of rotatable bonds is 6. The second kappa shape index (κ2) is 7.49. The number of esters is 1. The van der Waals surface area contributed by atoms with Gasteiger partial charge >= 0.3 is 5.97 Å². The molecular formula is C14H18O3. The molecule has 0 aliphatic rings. The van der Waals surface area contributed by atoms with Crippen molar-refractivity contribution < 1.29 is 14.3 Å². The number of hydrogen-bond acceptors (Lipinski definition) is 3. The van der Waals surface area contributed by atoms with Crippen molar-refractivity contribution in [1.29, 1.82) is 0 Å². The van der Waals surface area contributed by atoms with Gasteiger partial charge in [-0.3, -0.25) is 0 Å². The van der Waals surface area contributed by atoms with Crippen LogP contribution in [0, 0.1) is 0 Å². The van der Waals surface area contributed by atoms with Crippen molar-refractivity contribution in [2.45, 2.75) is 26.2 Å². The first-order chi connectivity index (χ1) is 8.27. The zero-order chi connectivity index (χ0) is 12.5. The summed E-state index contributed by atoms with van der Waals surface area (Å²) in [5, 5.41) is 0. The van der Waals surface area contributed by atoms with E-state index in [0.29, 0.717) is 5.56 Å². The Morgan fingerprint density at radius 1 is 1.29 bits per heavy atom. The number of benzene rings is 1. The molecule has 3 heteroatoms. The fourth-order valence-electron chi connectivity index (χ4n) is 1.30. The fourth-order valence-corrected chi connectivity index (χ4v) is 1.30. The second-order valence-electron chi connectivity index (χ2n) is 3.65. The van der Waals surface area contributed by atoms with Gasteiger partial charge in [-0.05, 0) is 43.2 Å². The number of carbonyl (C=O) groups is 1. The highest BCUT2D eigenvalue weighted by molar-refractivity contribution is 5.89. The highest BCUT2D eigenvalue weighted by Gasteiger charge is 2.04. The number of methoxy groups -OCH3 is 1. The number of ether oxygens (including phenoxy) is 2. The van der Waals surface area contributed by atoms with Crippen LogP contribution in [0.15, 0.2) is 36.6 Å². The van der Waals surface area contributed by atoms with E-state index < -0.39 is 0 Å². The van der Waals surface area contributed by atoms with Gasteiger partial charge in [-0.25, -0.2) is 4.79 Å². The quantitative estimate of drug-likeness (QED) is 0.429. The average Bonchev–Trinajstić information content (AvgIpc) is 2.38. The summed E-state index contributed by atoms with van der Waals surface area (Å²) in [4.78, 5) is 11.6. The zero-order valence-electron chi connectivity index (χ0n) is 10.3. The van der Waals surface area contributed by atoms with E-state index in [1.54, 1.807) is 31.4 Å². The Bertz CT molecular complexity index is 366. The smallest absolute Gasteiger partial charge is 0.342 e. The number of hydrogen-bond donors (Lipinski definition) is 0. The molecule has 0 bridgehead atoms. The molecular weight excluding hydrogens is 216 g/mol. The van der Waals surface area contributed by atoms with Crippen molar-refractivity contribution in [2.24, 2.45) is 0 Å². The lowest BCUT2D eigenvalue weighted by Gasteiger charge is -2.01. The van der Waals surface area contributed by atoms with Gasteiger partial charge in [0.15, 0.2) is 0 Å². The first-order valence-corrected chi connectivity index (χ1v) is 5.78. The molecule has 1 rings (SSSR count). The van der Waals surface area contributed by atoms with E-state index in [-0.39, 0.29) is 5.97 Å². The molecule has 0 saturated heterocycles. The molecule has 0 amide bonds. The third-order valence-electron chi connectivity index (χ3n) is 2.32. The molecule has 0 atom stereocenters. The van der Waals surface area contributed by atoms with E-state index in [9.17, 15) is 4.79 Å². The molecule has 17 heavy (non-hydrogen) atoms. The Balaban J connectivity index is 2.43. The summed E-state index contributed by atoms with van der Waals surface area (Å²) in [5.41, 5.74) is 0.519. The summed E-state index contributed by atoms with van der Waals surface area (Å²) in [7, 11) is 1.59. The molecule has 3 nitrogen and oxygen atoms in total. The monoisotopic (exact) mass is 234 g/mol. The maximum Gasteiger partial charge on any atom is 0.342 e. The van der Waals surface area contributed by atoms with Gasteiger partial charge in [0.1, 0.15) is 5.75 Å². The van der Waals surface area contributed by atoms with Crippen molar-refractivity contribution in [3.63, 3.8) is 0 Å². The molecule has 0 aliphatic carbocycles. The molecule has 0 aliphatic heterocycles. The molecule has 1 aromatic carbocycles. The van der Waals surface area contributed by atoms with E-state index in [0.717, 1.165) is 25.0 Å². The predicted molar refractivity (Wildman–Crippen MR) is 67.1 cm³/mol. The van der Waals surface area contributed by atoms with Gasteiger partial charge in [0, 0.05) is 0 Å². The van der Waals surface area contributed by atoms with Crippen molar-refractivity contribution in [3.8, 4) is 5.75 Å². The van der Waals surface area contributed by atoms with Gasteiger partial charge < -0.3 is 9.47 Å². The third-order valence-corrected chi connectivity index (χ3v) is 2.32. The number of allylic oxidation sites excluding steroid dienone is 1. The second-order valence-corrected chi connectivity index (χ2v) is 3.65. The summed E-state index contributed by atoms with van der Waals surface area (Å²) < 4.78 is 10.00. The predicted octanol–water partition coefficient (Wildman–Crippen LogP) is 3.56. The van der Waals surface area contributed by atoms with Crippen LogP contribution in [0.2, 0.25) is 0 Å². The van der Waals surface area contributed by atoms with E-state index in [1.807, 2.05) is 6.08 Å². The summed E-state index contributed by atoms with van der Waals surface area (Å²) >= 11 is 0. The Hall–Kier alpha value is -1.77. The molecule has 0 N–H and O–H groups in total. The fraction of sp³-hybridized carbons (Fsp3) is 0.357. The van der Waals surface area contributed by atoms with Crippen LogP contribution in [0.4, 0.5) is 0 Å². The van der Waals surface area contributed by atoms with Gasteiger partial charge in [-0.15, -0.1) is 0 Å². The Kier molecular flexibility index (Phi) is 5.86. The summed E-state index contributed by atoms with van der Waals surface area (Å²) in [6, 6.07) is 6.83. The van der Waals surface area contributed by atoms with Crippen molar-refractivity contribution >= 4 is 5.97 Å². The largest absolute Gasteiger partial charge is 0.497 e. The summed E-state index contributed by atoms with van der Waals surface area (Å²) in [5.74, 6) is 0.375. The molecule has 0 aromatic heterocycles. The maximum atomic E-state index is 11.6. The summed E-state index contributed by atoms with van der Waals surface area (Å²) in [6.07, 6.45) is 6.51. The zero-order valence-corrected chi connectivity index (χ0v) is 10.3. The first kappa shape index (κ1) is 13.3. The van der Waals surface area contributed by atoms with Crippen molar-refractivity contribution in [1.82, 2.24) is 0 Å². The molecule has 0 unspecified atom stereocenters. The minimum Gasteiger partial charge on any atom is -0.497 e. The van der Waals surface area contributed by atoms with Crippen LogP contribution in [0.25, 0.3) is 0 Å².